The van der Waals surface area contributed by atoms with Crippen LogP contribution in [0.2, 0.25) is 0 Å². The van der Waals surface area contributed by atoms with Gasteiger partial charge in [-0.1, -0.05) is 11.8 Å². The highest BCUT2D eigenvalue weighted by atomic mass is 16.3. The molecule has 0 spiro atoms. The normalized spacial score (nSPS) is 10.7. The van der Waals surface area contributed by atoms with E-state index in [-0.39, 0.29) is 0 Å². The summed E-state index contributed by atoms with van der Waals surface area (Å²) in [5, 5.41) is 0.775. The minimum absolute atomic E-state index is 0.433. The van der Waals surface area contributed by atoms with Crippen molar-refractivity contribution < 1.29 is 4.42 Å². The van der Waals surface area contributed by atoms with E-state index in [1.807, 2.05) is 37.2 Å². The van der Waals surface area contributed by atoms with Crippen LogP contribution >= 0.6 is 0 Å². The molecule has 1 aromatic carbocycles. The summed E-state index contributed by atoms with van der Waals surface area (Å²) in [5.41, 5.74) is 1.12. The molecule has 0 unspecified atom stereocenters. The van der Waals surface area contributed by atoms with Crippen LogP contribution in [0, 0.1) is 11.8 Å². The van der Waals surface area contributed by atoms with Crippen LogP contribution in [-0.4, -0.2) is 35.1 Å². The van der Waals surface area contributed by atoms with E-state index >= 15 is 0 Å². The largest absolute Gasteiger partial charge is 0.462 e. The highest BCUT2D eigenvalue weighted by Crippen LogP contribution is 2.24. The Morgan fingerprint density at radius 2 is 2.09 bits per heavy atom. The van der Waals surface area contributed by atoms with Gasteiger partial charge >= 0.3 is 5.69 Å². The molecule has 0 radical (unpaired) electrons. The van der Waals surface area contributed by atoms with Crippen molar-refractivity contribution in [3.8, 4) is 17.5 Å². The highest BCUT2D eigenvalue weighted by molar-refractivity contribution is 5.87. The van der Waals surface area contributed by atoms with E-state index in [0.717, 1.165) is 10.9 Å². The monoisotopic (exact) mass is 309 g/mol. The lowest BCUT2D eigenvalue weighted by Gasteiger charge is -2.01. The van der Waals surface area contributed by atoms with E-state index in [9.17, 15) is 9.59 Å². The summed E-state index contributed by atoms with van der Waals surface area (Å²) in [4.78, 5) is 27.3. The number of H-pyrrole nitrogens is 1. The Morgan fingerprint density at radius 1 is 1.26 bits per heavy atom. The van der Waals surface area contributed by atoms with Crippen LogP contribution in [0.4, 0.5) is 0 Å². The van der Waals surface area contributed by atoms with Crippen LogP contribution in [0.25, 0.3) is 16.7 Å². The molecule has 6 nitrogen and oxygen atoms in total. The number of hydrogen-bond donors (Lipinski definition) is 1. The predicted molar refractivity (Wildman–Crippen MR) is 87.9 cm³/mol. The number of rotatable bonds is 2. The molecule has 0 aliphatic rings. The van der Waals surface area contributed by atoms with Crippen LogP contribution in [0.1, 0.15) is 5.56 Å². The molecule has 0 saturated carbocycles. The number of fused-ring (bicyclic) bond motifs is 1. The summed E-state index contributed by atoms with van der Waals surface area (Å²) in [6.45, 7) is 0.675. The van der Waals surface area contributed by atoms with Gasteiger partial charge in [-0.05, 0) is 32.3 Å². The Bertz CT molecular complexity index is 1030. The second-order valence-electron chi connectivity index (χ2n) is 5.35. The summed E-state index contributed by atoms with van der Waals surface area (Å²) in [6, 6.07) is 6.85. The molecule has 0 amide bonds. The lowest BCUT2D eigenvalue weighted by atomic mass is 10.1. The molecule has 2 aromatic heterocycles. The van der Waals surface area contributed by atoms with Gasteiger partial charge < -0.3 is 4.42 Å². The Morgan fingerprint density at radius 3 is 2.83 bits per heavy atom. The molecule has 0 atom stereocenters. The van der Waals surface area contributed by atoms with Gasteiger partial charge in [0.1, 0.15) is 11.8 Å². The number of hydrogen-bond acceptors (Lipinski definition) is 4. The first-order chi connectivity index (χ1) is 11.0. The van der Waals surface area contributed by atoms with Crippen LogP contribution in [-0.2, 0) is 0 Å². The van der Waals surface area contributed by atoms with E-state index in [4.69, 9.17) is 4.42 Å². The standard InChI is InChI=1S/C17H15N3O3/c1-19(2)8-3-4-12-5-6-13-14(11-23-15(13)10-12)20-9-7-16(21)18-17(20)22/h5-7,9-11H,8H2,1-2H3,(H,18,21,22). The third-order valence-electron chi connectivity index (χ3n) is 3.27. The maximum Gasteiger partial charge on any atom is 0.333 e. The van der Waals surface area contributed by atoms with Gasteiger partial charge in [-0.15, -0.1) is 0 Å². The Balaban J connectivity index is 2.03. The third kappa shape index (κ3) is 3.10. The molecule has 23 heavy (non-hydrogen) atoms. The Kier molecular flexibility index (Phi) is 3.87. The lowest BCUT2D eigenvalue weighted by molar-refractivity contribution is 0.464. The molecule has 2 heterocycles. The minimum atomic E-state index is -0.505. The van der Waals surface area contributed by atoms with Crippen molar-refractivity contribution in [2.75, 3.05) is 20.6 Å². The van der Waals surface area contributed by atoms with Crippen molar-refractivity contribution in [2.24, 2.45) is 0 Å². The van der Waals surface area contributed by atoms with Crippen molar-refractivity contribution in [3.63, 3.8) is 0 Å². The lowest BCUT2D eigenvalue weighted by Crippen LogP contribution is -2.27. The zero-order valence-electron chi connectivity index (χ0n) is 12.8. The quantitative estimate of drug-likeness (QED) is 0.722. The van der Waals surface area contributed by atoms with Gasteiger partial charge in [0.25, 0.3) is 5.56 Å². The zero-order chi connectivity index (χ0) is 16.4. The second kappa shape index (κ2) is 5.99. The highest BCUT2D eigenvalue weighted by Gasteiger charge is 2.09. The first-order valence-electron chi connectivity index (χ1n) is 7.02. The smallest absolute Gasteiger partial charge is 0.333 e. The van der Waals surface area contributed by atoms with Crippen LogP contribution in [0.3, 0.4) is 0 Å². The van der Waals surface area contributed by atoms with Crippen LogP contribution in [0.15, 0.2) is 50.7 Å². The van der Waals surface area contributed by atoms with Gasteiger partial charge in [0, 0.05) is 23.2 Å². The molecule has 0 aliphatic heterocycles. The van der Waals surface area contributed by atoms with E-state index in [2.05, 4.69) is 16.8 Å². The van der Waals surface area contributed by atoms with E-state index in [0.29, 0.717) is 17.8 Å². The number of aromatic nitrogens is 2. The molecule has 0 saturated heterocycles. The van der Waals surface area contributed by atoms with Crippen LogP contribution < -0.4 is 11.2 Å². The first kappa shape index (κ1) is 14.9. The molecule has 116 valence electrons. The van der Waals surface area contributed by atoms with E-state index in [1.54, 1.807) is 0 Å². The Hall–Kier alpha value is -3.04. The topological polar surface area (TPSA) is 71.2 Å². The molecular weight excluding hydrogens is 294 g/mol. The fourth-order valence-corrected chi connectivity index (χ4v) is 2.19. The molecule has 6 heteroatoms. The molecular formula is C17H15N3O3. The maximum atomic E-state index is 11.9. The molecule has 3 aromatic rings. The van der Waals surface area contributed by atoms with Gasteiger partial charge in [0.2, 0.25) is 0 Å². The van der Waals surface area contributed by atoms with Crippen LogP contribution in [0.5, 0.6) is 0 Å². The maximum absolute atomic E-state index is 11.9. The van der Waals surface area contributed by atoms with Crippen molar-refractivity contribution >= 4 is 11.0 Å². The second-order valence-corrected chi connectivity index (χ2v) is 5.35. The first-order valence-corrected chi connectivity index (χ1v) is 7.02. The fourth-order valence-electron chi connectivity index (χ4n) is 2.19. The third-order valence-corrected chi connectivity index (χ3v) is 3.27. The molecule has 0 bridgehead atoms. The summed E-state index contributed by atoms with van der Waals surface area (Å²) >= 11 is 0. The van der Waals surface area contributed by atoms with Gasteiger partial charge in [-0.2, -0.15) is 0 Å². The molecule has 1 N–H and O–H groups in total. The van der Waals surface area contributed by atoms with Crippen molar-refractivity contribution in [2.45, 2.75) is 0 Å². The van der Waals surface area contributed by atoms with E-state index in [1.165, 1.54) is 23.1 Å². The summed E-state index contributed by atoms with van der Waals surface area (Å²) in [6.07, 6.45) is 2.91. The van der Waals surface area contributed by atoms with Gasteiger partial charge in [0.05, 0.1) is 12.2 Å². The summed E-state index contributed by atoms with van der Waals surface area (Å²) < 4.78 is 6.86. The van der Waals surface area contributed by atoms with Crippen molar-refractivity contribution in [1.29, 1.82) is 0 Å². The van der Waals surface area contributed by atoms with Crippen molar-refractivity contribution in [1.82, 2.24) is 14.5 Å². The average molecular weight is 309 g/mol. The van der Waals surface area contributed by atoms with Crippen molar-refractivity contribution in [3.05, 3.63) is 63.1 Å². The number of benzene rings is 1. The molecule has 0 fully saturated rings. The van der Waals surface area contributed by atoms with Gasteiger partial charge in [0.15, 0.2) is 0 Å². The number of furan rings is 1. The number of aromatic amines is 1. The zero-order valence-corrected chi connectivity index (χ0v) is 12.8. The summed E-state index contributed by atoms with van der Waals surface area (Å²) in [5.74, 6) is 6.13. The number of nitrogens with one attached hydrogen (secondary N) is 1. The van der Waals surface area contributed by atoms with Gasteiger partial charge in [-0.25, -0.2) is 4.79 Å². The minimum Gasteiger partial charge on any atom is -0.462 e. The molecule has 0 aliphatic carbocycles. The number of nitrogens with zero attached hydrogens (tertiary/aromatic N) is 2. The SMILES string of the molecule is CN(C)CC#Cc1ccc2c(-n3ccc(=O)[nH]c3=O)coc2c1. The predicted octanol–water partition coefficient (Wildman–Crippen LogP) is 1.19. The Labute approximate surface area is 132 Å². The van der Waals surface area contributed by atoms with E-state index < -0.39 is 11.2 Å². The fraction of sp³-hybridized carbons (Fsp3) is 0.176. The molecule has 3 rings (SSSR count). The average Bonchev–Trinajstić information content (AvgIpc) is 2.90. The summed E-state index contributed by atoms with van der Waals surface area (Å²) in [7, 11) is 3.91. The van der Waals surface area contributed by atoms with Gasteiger partial charge in [-0.3, -0.25) is 19.2 Å².